The minimum Gasteiger partial charge on any atom is -0.489 e. The highest BCUT2D eigenvalue weighted by Gasteiger charge is 2.20. The van der Waals surface area contributed by atoms with Crippen molar-refractivity contribution in [2.75, 3.05) is 6.61 Å². The van der Waals surface area contributed by atoms with E-state index in [-0.39, 0.29) is 17.1 Å². The molecule has 2 nitrogen and oxygen atoms in total. The molecule has 0 saturated carbocycles. The van der Waals surface area contributed by atoms with Gasteiger partial charge in [-0.2, -0.15) is 0 Å². The Hall–Kier alpha value is -1.64. The second-order valence-electron chi connectivity index (χ2n) is 3.52. The molecular formula is C12H11FO2. The molecule has 1 aromatic carbocycles. The number of ketones is 1. The van der Waals surface area contributed by atoms with Crippen LogP contribution in [-0.2, 0) is 4.74 Å². The quantitative estimate of drug-likeness (QED) is 0.695. The molecule has 0 spiro atoms. The van der Waals surface area contributed by atoms with E-state index in [2.05, 4.69) is 0 Å². The van der Waals surface area contributed by atoms with Gasteiger partial charge in [-0.1, -0.05) is 11.6 Å². The molecule has 0 atom stereocenters. The number of ether oxygens (including phenoxy) is 1. The fourth-order valence-electron chi connectivity index (χ4n) is 1.52. The van der Waals surface area contributed by atoms with E-state index < -0.39 is 5.82 Å². The van der Waals surface area contributed by atoms with Crippen molar-refractivity contribution in [1.82, 2.24) is 0 Å². The largest absolute Gasteiger partial charge is 0.489 e. The fourth-order valence-corrected chi connectivity index (χ4v) is 1.52. The highest BCUT2D eigenvalue weighted by Crippen LogP contribution is 2.18. The number of carbonyl (C=O) groups is 1. The summed E-state index contributed by atoms with van der Waals surface area (Å²) in [6.07, 6.45) is 2.42. The van der Waals surface area contributed by atoms with E-state index in [0.29, 0.717) is 13.0 Å². The number of allylic oxidation sites excluding steroid dienone is 1. The van der Waals surface area contributed by atoms with E-state index in [1.54, 1.807) is 18.2 Å². The highest BCUT2D eigenvalue weighted by molar-refractivity contribution is 6.07. The molecule has 1 aliphatic heterocycles. The molecule has 0 aromatic heterocycles. The van der Waals surface area contributed by atoms with Gasteiger partial charge in [-0.25, -0.2) is 4.39 Å². The normalized spacial score (nSPS) is 14.7. The lowest BCUT2D eigenvalue weighted by molar-refractivity contribution is 0.0938. The molecule has 1 heterocycles. The minimum absolute atomic E-state index is 0.0863. The van der Waals surface area contributed by atoms with Crippen LogP contribution in [0.4, 0.5) is 4.39 Å². The maximum atomic E-state index is 13.4. The van der Waals surface area contributed by atoms with E-state index in [9.17, 15) is 9.18 Å². The second kappa shape index (κ2) is 3.85. The number of aryl methyl sites for hydroxylation is 1. The van der Waals surface area contributed by atoms with Gasteiger partial charge >= 0.3 is 0 Å². The lowest BCUT2D eigenvalue weighted by atomic mass is 10.1. The molecule has 15 heavy (non-hydrogen) atoms. The lowest BCUT2D eigenvalue weighted by Gasteiger charge is -2.04. The van der Waals surface area contributed by atoms with Crippen molar-refractivity contribution < 1.29 is 13.9 Å². The van der Waals surface area contributed by atoms with E-state index in [4.69, 9.17) is 4.74 Å². The van der Waals surface area contributed by atoms with Crippen LogP contribution in [0.1, 0.15) is 22.3 Å². The van der Waals surface area contributed by atoms with Crippen molar-refractivity contribution in [2.45, 2.75) is 13.3 Å². The fraction of sp³-hybridized carbons (Fsp3) is 0.250. The monoisotopic (exact) mass is 206 g/mol. The predicted molar refractivity (Wildman–Crippen MR) is 54.1 cm³/mol. The van der Waals surface area contributed by atoms with Gasteiger partial charge in [-0.15, -0.1) is 0 Å². The van der Waals surface area contributed by atoms with Crippen LogP contribution in [0.3, 0.4) is 0 Å². The number of benzene rings is 1. The van der Waals surface area contributed by atoms with Crippen LogP contribution in [0, 0.1) is 12.7 Å². The van der Waals surface area contributed by atoms with Crippen LogP contribution in [0.25, 0.3) is 0 Å². The van der Waals surface area contributed by atoms with E-state index in [1.165, 1.54) is 6.07 Å². The van der Waals surface area contributed by atoms with Crippen molar-refractivity contribution in [3.05, 3.63) is 47.0 Å². The standard InChI is InChI=1S/C12H11FO2/c1-8-4-5-10(13)9(7-8)12(14)11-3-2-6-15-11/h3-5,7H,2,6H2,1H3. The molecule has 0 radical (unpaired) electrons. The molecule has 0 fully saturated rings. The first-order valence-electron chi connectivity index (χ1n) is 4.82. The number of hydrogen-bond donors (Lipinski definition) is 0. The Balaban J connectivity index is 2.36. The van der Waals surface area contributed by atoms with Crippen molar-refractivity contribution in [2.24, 2.45) is 0 Å². The van der Waals surface area contributed by atoms with Crippen LogP contribution >= 0.6 is 0 Å². The summed E-state index contributed by atoms with van der Waals surface area (Å²) in [6, 6.07) is 4.48. The third-order valence-corrected chi connectivity index (χ3v) is 2.30. The zero-order valence-corrected chi connectivity index (χ0v) is 8.42. The Labute approximate surface area is 87.4 Å². The second-order valence-corrected chi connectivity index (χ2v) is 3.52. The maximum Gasteiger partial charge on any atom is 0.230 e. The summed E-state index contributed by atoms with van der Waals surface area (Å²) < 4.78 is 18.5. The van der Waals surface area contributed by atoms with E-state index >= 15 is 0 Å². The van der Waals surface area contributed by atoms with E-state index in [0.717, 1.165) is 5.56 Å². The van der Waals surface area contributed by atoms with Crippen LogP contribution in [0.15, 0.2) is 30.0 Å². The molecule has 2 rings (SSSR count). The van der Waals surface area contributed by atoms with Gasteiger partial charge in [0, 0.05) is 6.42 Å². The van der Waals surface area contributed by atoms with Gasteiger partial charge in [-0.05, 0) is 25.1 Å². The smallest absolute Gasteiger partial charge is 0.230 e. The zero-order valence-electron chi connectivity index (χ0n) is 8.42. The molecule has 1 aliphatic rings. The highest BCUT2D eigenvalue weighted by atomic mass is 19.1. The SMILES string of the molecule is Cc1ccc(F)c(C(=O)C2=CCCO2)c1. The number of Topliss-reactive ketones (excluding diaryl/α,β-unsaturated/α-hetero) is 1. The van der Waals surface area contributed by atoms with E-state index in [1.807, 2.05) is 6.92 Å². The zero-order chi connectivity index (χ0) is 10.8. The average molecular weight is 206 g/mol. The Bertz CT molecular complexity index is 435. The summed E-state index contributed by atoms with van der Waals surface area (Å²) in [5.41, 5.74) is 0.946. The minimum atomic E-state index is -0.498. The first-order valence-corrected chi connectivity index (χ1v) is 4.82. The molecule has 78 valence electrons. The molecule has 0 bridgehead atoms. The van der Waals surface area contributed by atoms with Gasteiger partial charge < -0.3 is 4.74 Å². The van der Waals surface area contributed by atoms with Crippen LogP contribution in [0.2, 0.25) is 0 Å². The molecular weight excluding hydrogens is 195 g/mol. The predicted octanol–water partition coefficient (Wildman–Crippen LogP) is 2.62. The summed E-state index contributed by atoms with van der Waals surface area (Å²) in [4.78, 5) is 11.8. The number of halogens is 1. The molecule has 1 aromatic rings. The molecule has 3 heteroatoms. The molecule has 0 unspecified atom stereocenters. The summed E-state index contributed by atoms with van der Waals surface area (Å²) in [7, 11) is 0. The summed E-state index contributed by atoms with van der Waals surface area (Å²) >= 11 is 0. The van der Waals surface area contributed by atoms with Crippen molar-refractivity contribution in [1.29, 1.82) is 0 Å². The summed E-state index contributed by atoms with van der Waals surface area (Å²) in [5.74, 6) is -0.602. The van der Waals surface area contributed by atoms with Gasteiger partial charge in [-0.3, -0.25) is 4.79 Å². The van der Waals surface area contributed by atoms with Crippen LogP contribution in [0.5, 0.6) is 0 Å². The molecule has 0 saturated heterocycles. The van der Waals surface area contributed by atoms with Crippen molar-refractivity contribution >= 4 is 5.78 Å². The third-order valence-electron chi connectivity index (χ3n) is 2.30. The number of carbonyl (C=O) groups excluding carboxylic acids is 1. The van der Waals surface area contributed by atoms with Crippen LogP contribution in [-0.4, -0.2) is 12.4 Å². The Kier molecular flexibility index (Phi) is 2.54. The van der Waals surface area contributed by atoms with Gasteiger partial charge in [0.1, 0.15) is 5.82 Å². The van der Waals surface area contributed by atoms with Crippen LogP contribution < -0.4 is 0 Å². The summed E-state index contributed by atoms with van der Waals surface area (Å²) in [5, 5.41) is 0. The van der Waals surface area contributed by atoms with Crippen molar-refractivity contribution in [3.63, 3.8) is 0 Å². The van der Waals surface area contributed by atoms with Gasteiger partial charge in [0.25, 0.3) is 0 Å². The number of rotatable bonds is 2. The maximum absolute atomic E-state index is 13.4. The van der Waals surface area contributed by atoms with Crippen molar-refractivity contribution in [3.8, 4) is 0 Å². The number of hydrogen-bond acceptors (Lipinski definition) is 2. The lowest BCUT2D eigenvalue weighted by Crippen LogP contribution is -2.06. The molecule has 0 amide bonds. The van der Waals surface area contributed by atoms with Gasteiger partial charge in [0.2, 0.25) is 5.78 Å². The Morgan fingerprint density at radius 1 is 1.47 bits per heavy atom. The first-order chi connectivity index (χ1) is 7.18. The average Bonchev–Trinajstić information content (AvgIpc) is 2.74. The van der Waals surface area contributed by atoms with Gasteiger partial charge in [0.15, 0.2) is 5.76 Å². The summed E-state index contributed by atoms with van der Waals surface area (Å²) in [6.45, 7) is 2.33. The topological polar surface area (TPSA) is 26.3 Å². The third kappa shape index (κ3) is 1.91. The Morgan fingerprint density at radius 3 is 2.93 bits per heavy atom. The molecule has 0 aliphatic carbocycles. The first kappa shape index (κ1) is 9.90. The Morgan fingerprint density at radius 2 is 2.27 bits per heavy atom. The van der Waals surface area contributed by atoms with Gasteiger partial charge in [0.05, 0.1) is 12.2 Å². The molecule has 0 N–H and O–H groups in total.